The minimum absolute atomic E-state index is 0.180. The van der Waals surface area contributed by atoms with Gasteiger partial charge >= 0.3 is 5.97 Å². The second-order valence-electron chi connectivity index (χ2n) is 4.29. The molecular formula is C11H18N2O5. The van der Waals surface area contributed by atoms with Crippen LogP contribution in [0.25, 0.3) is 0 Å². The van der Waals surface area contributed by atoms with Crippen LogP contribution >= 0.6 is 0 Å². The van der Waals surface area contributed by atoms with Gasteiger partial charge in [0.2, 0.25) is 11.8 Å². The van der Waals surface area contributed by atoms with Gasteiger partial charge < -0.3 is 20.9 Å². The van der Waals surface area contributed by atoms with Crippen molar-refractivity contribution in [1.82, 2.24) is 5.32 Å². The highest BCUT2D eigenvalue weighted by atomic mass is 16.5. The van der Waals surface area contributed by atoms with Crippen molar-refractivity contribution in [1.29, 1.82) is 0 Å². The third kappa shape index (κ3) is 4.33. The first-order valence-corrected chi connectivity index (χ1v) is 5.89. The molecule has 0 bridgehead atoms. The monoisotopic (exact) mass is 258 g/mol. The molecule has 0 aromatic heterocycles. The van der Waals surface area contributed by atoms with E-state index in [1.807, 2.05) is 0 Å². The van der Waals surface area contributed by atoms with E-state index in [0.29, 0.717) is 12.8 Å². The number of nitrogens with one attached hydrogen (secondary N) is 1. The Kier molecular flexibility index (Phi) is 5.57. The van der Waals surface area contributed by atoms with Crippen molar-refractivity contribution in [2.45, 2.75) is 19.3 Å². The molecule has 18 heavy (non-hydrogen) atoms. The summed E-state index contributed by atoms with van der Waals surface area (Å²) in [5.41, 5.74) is 4.87. The number of carbonyl (C=O) groups is 3. The zero-order valence-corrected chi connectivity index (χ0v) is 10.1. The summed E-state index contributed by atoms with van der Waals surface area (Å²) in [6.07, 6.45) is 1.91. The average molecular weight is 258 g/mol. The zero-order chi connectivity index (χ0) is 13.5. The molecule has 0 aromatic carbocycles. The number of carbonyl (C=O) groups excluding carboxylic acids is 2. The smallest absolute Gasteiger partial charge is 0.307 e. The zero-order valence-electron chi connectivity index (χ0n) is 10.1. The molecule has 0 saturated heterocycles. The summed E-state index contributed by atoms with van der Waals surface area (Å²) < 4.78 is 4.88. The molecule has 4 N–H and O–H groups in total. The Morgan fingerprint density at radius 2 is 1.94 bits per heavy atom. The van der Waals surface area contributed by atoms with Crippen LogP contribution in [0.4, 0.5) is 0 Å². The Bertz CT molecular complexity index is 331. The second kappa shape index (κ2) is 6.95. The number of aliphatic carboxylic acids is 1. The van der Waals surface area contributed by atoms with Crippen molar-refractivity contribution in [3.63, 3.8) is 0 Å². The van der Waals surface area contributed by atoms with Crippen LogP contribution in [0, 0.1) is 11.8 Å². The number of hydrogen-bond donors (Lipinski definition) is 3. The number of ether oxygens (including phenoxy) is 1. The predicted octanol–water partition coefficient (Wildman–Crippen LogP) is -0.895. The molecule has 0 unspecified atom stereocenters. The number of amides is 2. The van der Waals surface area contributed by atoms with Crippen LogP contribution in [-0.2, 0) is 19.1 Å². The lowest BCUT2D eigenvalue weighted by atomic mass is 9.95. The molecule has 7 nitrogen and oxygen atoms in total. The fourth-order valence-corrected chi connectivity index (χ4v) is 2.12. The van der Waals surface area contributed by atoms with E-state index >= 15 is 0 Å². The maximum absolute atomic E-state index is 11.7. The second-order valence-corrected chi connectivity index (χ2v) is 4.29. The van der Waals surface area contributed by atoms with Gasteiger partial charge in [-0.3, -0.25) is 14.4 Å². The maximum atomic E-state index is 11.7. The van der Waals surface area contributed by atoms with E-state index < -0.39 is 23.7 Å². The lowest BCUT2D eigenvalue weighted by Crippen LogP contribution is -2.37. The molecule has 7 heteroatoms. The van der Waals surface area contributed by atoms with Crippen LogP contribution in [0.2, 0.25) is 0 Å². The third-order valence-corrected chi connectivity index (χ3v) is 2.96. The van der Waals surface area contributed by atoms with E-state index in [-0.39, 0.29) is 25.7 Å². The standard InChI is InChI=1S/C11H18N2O5/c12-9(14)6-18-5-4-13-10(15)7-2-1-3-8(7)11(16)17/h7-8H,1-6H2,(H2,12,14)(H,13,15)(H,16,17)/t7-,8+/m1/s1. The Morgan fingerprint density at radius 3 is 2.56 bits per heavy atom. The summed E-state index contributed by atoms with van der Waals surface area (Å²) in [5, 5.41) is 11.6. The van der Waals surface area contributed by atoms with Crippen LogP contribution in [0.1, 0.15) is 19.3 Å². The van der Waals surface area contributed by atoms with Gasteiger partial charge in [-0.15, -0.1) is 0 Å². The molecule has 1 aliphatic rings. The molecule has 0 radical (unpaired) electrons. The van der Waals surface area contributed by atoms with Gasteiger partial charge in [-0.2, -0.15) is 0 Å². The predicted molar refractivity (Wildman–Crippen MR) is 61.5 cm³/mol. The van der Waals surface area contributed by atoms with E-state index in [0.717, 1.165) is 6.42 Å². The summed E-state index contributed by atoms with van der Waals surface area (Å²) in [6.45, 7) is 0.241. The number of nitrogens with two attached hydrogens (primary N) is 1. The molecular weight excluding hydrogens is 240 g/mol. The molecule has 0 heterocycles. The highest BCUT2D eigenvalue weighted by molar-refractivity contribution is 5.85. The molecule has 0 aromatic rings. The Morgan fingerprint density at radius 1 is 1.28 bits per heavy atom. The van der Waals surface area contributed by atoms with Crippen LogP contribution in [0.5, 0.6) is 0 Å². The summed E-state index contributed by atoms with van der Waals surface area (Å²) >= 11 is 0. The maximum Gasteiger partial charge on any atom is 0.307 e. The van der Waals surface area contributed by atoms with Gasteiger partial charge in [-0.05, 0) is 12.8 Å². The van der Waals surface area contributed by atoms with Crippen molar-refractivity contribution >= 4 is 17.8 Å². The molecule has 0 spiro atoms. The minimum atomic E-state index is -0.919. The number of primary amides is 1. The number of rotatable bonds is 7. The van der Waals surface area contributed by atoms with Gasteiger partial charge in [-0.1, -0.05) is 6.42 Å². The average Bonchev–Trinajstić information content (AvgIpc) is 2.76. The first-order chi connectivity index (χ1) is 8.52. The quantitative estimate of drug-likeness (QED) is 0.512. The Balaban J connectivity index is 2.24. The SMILES string of the molecule is NC(=O)COCCNC(=O)[C@@H]1CCC[C@@H]1C(=O)O. The van der Waals surface area contributed by atoms with E-state index in [2.05, 4.69) is 5.32 Å². The first-order valence-electron chi connectivity index (χ1n) is 5.89. The van der Waals surface area contributed by atoms with Crippen molar-refractivity contribution in [2.75, 3.05) is 19.8 Å². The molecule has 1 saturated carbocycles. The van der Waals surface area contributed by atoms with Crippen molar-refractivity contribution < 1.29 is 24.2 Å². The van der Waals surface area contributed by atoms with E-state index in [1.54, 1.807) is 0 Å². The van der Waals surface area contributed by atoms with Gasteiger partial charge in [0.1, 0.15) is 6.61 Å². The number of carboxylic acids is 1. The summed E-state index contributed by atoms with van der Waals surface area (Å²) in [6, 6.07) is 0. The molecule has 102 valence electrons. The number of hydrogen-bond acceptors (Lipinski definition) is 4. The molecule has 2 atom stereocenters. The van der Waals surface area contributed by atoms with Gasteiger partial charge in [0.25, 0.3) is 0 Å². The molecule has 2 amide bonds. The van der Waals surface area contributed by atoms with Crippen LogP contribution in [-0.4, -0.2) is 42.6 Å². The van der Waals surface area contributed by atoms with Gasteiger partial charge in [0, 0.05) is 6.54 Å². The van der Waals surface area contributed by atoms with Crippen LogP contribution < -0.4 is 11.1 Å². The Hall–Kier alpha value is -1.63. The van der Waals surface area contributed by atoms with Crippen molar-refractivity contribution in [3.05, 3.63) is 0 Å². The minimum Gasteiger partial charge on any atom is -0.481 e. The normalized spacial score (nSPS) is 22.7. The molecule has 1 fully saturated rings. The molecule has 1 rings (SSSR count). The first kappa shape index (κ1) is 14.4. The van der Waals surface area contributed by atoms with E-state index in [9.17, 15) is 14.4 Å². The lowest BCUT2D eigenvalue weighted by molar-refractivity contribution is -0.146. The molecule has 0 aliphatic heterocycles. The fraction of sp³-hybridized carbons (Fsp3) is 0.727. The van der Waals surface area contributed by atoms with Crippen molar-refractivity contribution in [2.24, 2.45) is 17.6 Å². The lowest BCUT2D eigenvalue weighted by Gasteiger charge is -2.15. The largest absolute Gasteiger partial charge is 0.481 e. The summed E-state index contributed by atoms with van der Waals surface area (Å²) in [7, 11) is 0. The summed E-state index contributed by atoms with van der Waals surface area (Å²) in [4.78, 5) is 33.0. The fourth-order valence-electron chi connectivity index (χ4n) is 2.12. The van der Waals surface area contributed by atoms with E-state index in [4.69, 9.17) is 15.6 Å². The number of carboxylic acid groups (broad SMARTS) is 1. The molecule has 1 aliphatic carbocycles. The highest BCUT2D eigenvalue weighted by Crippen LogP contribution is 2.31. The highest BCUT2D eigenvalue weighted by Gasteiger charge is 2.37. The van der Waals surface area contributed by atoms with E-state index in [1.165, 1.54) is 0 Å². The summed E-state index contributed by atoms with van der Waals surface area (Å²) in [5.74, 6) is -2.79. The van der Waals surface area contributed by atoms with Crippen LogP contribution in [0.3, 0.4) is 0 Å². The van der Waals surface area contributed by atoms with Gasteiger partial charge in [0.05, 0.1) is 18.4 Å². The third-order valence-electron chi connectivity index (χ3n) is 2.96. The van der Waals surface area contributed by atoms with Crippen molar-refractivity contribution in [3.8, 4) is 0 Å². The van der Waals surface area contributed by atoms with Gasteiger partial charge in [-0.25, -0.2) is 0 Å². The Labute approximate surface area is 105 Å². The van der Waals surface area contributed by atoms with Crippen LogP contribution in [0.15, 0.2) is 0 Å². The topological polar surface area (TPSA) is 119 Å². The van der Waals surface area contributed by atoms with Gasteiger partial charge in [0.15, 0.2) is 0 Å².